The Bertz CT molecular complexity index is 533. The molecule has 0 amide bonds. The summed E-state index contributed by atoms with van der Waals surface area (Å²) in [5.74, 6) is 0. The Balaban J connectivity index is 2.77. The number of H-pyrrole nitrogens is 1. The van der Waals surface area contributed by atoms with Gasteiger partial charge in [-0.1, -0.05) is 6.92 Å². The van der Waals surface area contributed by atoms with Crippen LogP contribution in [0.15, 0.2) is 27.6 Å². The van der Waals surface area contributed by atoms with Crippen molar-refractivity contribution in [1.82, 2.24) is 9.97 Å². The van der Waals surface area contributed by atoms with Crippen molar-refractivity contribution in [3.8, 4) is 0 Å². The summed E-state index contributed by atoms with van der Waals surface area (Å²) in [6.45, 7) is 2.06. The summed E-state index contributed by atoms with van der Waals surface area (Å²) in [7, 11) is 0. The number of aryl methyl sites for hydroxylation is 1. The lowest BCUT2D eigenvalue weighted by Crippen LogP contribution is -2.06. The first-order chi connectivity index (χ1) is 6.70. The van der Waals surface area contributed by atoms with Crippen LogP contribution in [0.1, 0.15) is 12.5 Å². The molecular weight excluding hydrogens is 244 g/mol. The summed E-state index contributed by atoms with van der Waals surface area (Å²) < 4.78 is 0.516. The minimum absolute atomic E-state index is 0.118. The first-order valence-electron chi connectivity index (χ1n) is 4.38. The average Bonchev–Trinajstić information content (AvgIpc) is 2.19. The molecule has 4 heteroatoms. The minimum atomic E-state index is -0.118. The van der Waals surface area contributed by atoms with Gasteiger partial charge in [0.1, 0.15) is 0 Å². The molecule has 0 aromatic carbocycles. The Morgan fingerprint density at radius 3 is 3.00 bits per heavy atom. The van der Waals surface area contributed by atoms with Gasteiger partial charge in [-0.15, -0.1) is 0 Å². The number of nitrogens with zero attached hydrogens (tertiary/aromatic N) is 1. The number of hydrogen-bond donors (Lipinski definition) is 1. The van der Waals surface area contributed by atoms with Crippen molar-refractivity contribution >= 4 is 27.0 Å². The summed E-state index contributed by atoms with van der Waals surface area (Å²) in [6.07, 6.45) is 2.74. The van der Waals surface area contributed by atoms with Crippen LogP contribution < -0.4 is 5.56 Å². The van der Waals surface area contributed by atoms with Crippen LogP contribution in [0.4, 0.5) is 0 Å². The molecule has 1 N–H and O–H groups in total. The summed E-state index contributed by atoms with van der Waals surface area (Å²) in [4.78, 5) is 18.3. The van der Waals surface area contributed by atoms with E-state index in [0.717, 1.165) is 23.0 Å². The predicted octanol–water partition coefficient (Wildman–Crippen LogP) is 2.25. The van der Waals surface area contributed by atoms with Crippen LogP contribution in [0.5, 0.6) is 0 Å². The first-order valence-corrected chi connectivity index (χ1v) is 5.17. The molecule has 0 unspecified atom stereocenters. The van der Waals surface area contributed by atoms with Gasteiger partial charge in [-0.25, -0.2) is 0 Å². The second-order valence-corrected chi connectivity index (χ2v) is 3.93. The Kier molecular flexibility index (Phi) is 2.37. The summed E-state index contributed by atoms with van der Waals surface area (Å²) in [5.41, 5.74) is 2.59. The predicted molar refractivity (Wildman–Crippen MR) is 59.4 cm³/mol. The lowest BCUT2D eigenvalue weighted by Gasteiger charge is -2.00. The van der Waals surface area contributed by atoms with Crippen molar-refractivity contribution in [3.63, 3.8) is 0 Å². The molecule has 0 aliphatic rings. The third-order valence-corrected chi connectivity index (χ3v) is 2.70. The van der Waals surface area contributed by atoms with Gasteiger partial charge in [-0.3, -0.25) is 9.78 Å². The van der Waals surface area contributed by atoms with Gasteiger partial charge < -0.3 is 4.98 Å². The van der Waals surface area contributed by atoms with Crippen LogP contribution in [0, 0.1) is 0 Å². The van der Waals surface area contributed by atoms with Crippen LogP contribution in [0.3, 0.4) is 0 Å². The lowest BCUT2D eigenvalue weighted by molar-refractivity contribution is 1.11. The van der Waals surface area contributed by atoms with Crippen molar-refractivity contribution in [3.05, 3.63) is 38.7 Å². The summed E-state index contributed by atoms with van der Waals surface area (Å²) in [5, 5.41) is 0. The molecule has 3 nitrogen and oxygen atoms in total. The quantitative estimate of drug-likeness (QED) is 0.847. The second kappa shape index (κ2) is 3.53. The van der Waals surface area contributed by atoms with E-state index < -0.39 is 0 Å². The molecule has 0 spiro atoms. The van der Waals surface area contributed by atoms with Gasteiger partial charge in [-0.05, 0) is 40.0 Å². The molecule has 0 bridgehead atoms. The molecule has 14 heavy (non-hydrogen) atoms. The van der Waals surface area contributed by atoms with Gasteiger partial charge >= 0.3 is 0 Å². The van der Waals surface area contributed by atoms with Crippen LogP contribution >= 0.6 is 15.9 Å². The molecule has 0 atom stereocenters. The zero-order chi connectivity index (χ0) is 10.1. The van der Waals surface area contributed by atoms with Gasteiger partial charge in [0.05, 0.1) is 15.5 Å². The van der Waals surface area contributed by atoms with E-state index in [0.29, 0.717) is 4.47 Å². The molecule has 2 aromatic rings. The van der Waals surface area contributed by atoms with E-state index in [1.165, 1.54) is 0 Å². The fourth-order valence-electron chi connectivity index (χ4n) is 1.29. The van der Waals surface area contributed by atoms with Gasteiger partial charge in [-0.2, -0.15) is 0 Å². The molecule has 72 valence electrons. The molecule has 2 aromatic heterocycles. The van der Waals surface area contributed by atoms with E-state index in [1.54, 1.807) is 6.07 Å². The largest absolute Gasteiger partial charge is 0.320 e. The maximum atomic E-state index is 11.3. The standard InChI is InChI=1S/C10H9BrN2O/c1-2-6-3-9-8(12-5-6)4-7(11)10(14)13-9/h3-5H,2H2,1H3,(H,13,14). The summed E-state index contributed by atoms with van der Waals surface area (Å²) >= 11 is 3.17. The molecule has 0 saturated heterocycles. The Morgan fingerprint density at radius 2 is 2.29 bits per heavy atom. The topological polar surface area (TPSA) is 45.8 Å². The monoisotopic (exact) mass is 252 g/mol. The number of rotatable bonds is 1. The fraction of sp³-hybridized carbons (Fsp3) is 0.200. The molecule has 0 saturated carbocycles. The fourth-order valence-corrected chi connectivity index (χ4v) is 1.61. The Labute approximate surface area is 89.3 Å². The first kappa shape index (κ1) is 9.40. The van der Waals surface area contributed by atoms with E-state index in [2.05, 4.69) is 32.8 Å². The number of hydrogen-bond acceptors (Lipinski definition) is 2. The molecule has 2 heterocycles. The average molecular weight is 253 g/mol. The van der Waals surface area contributed by atoms with Crippen molar-refractivity contribution in [2.45, 2.75) is 13.3 Å². The number of fused-ring (bicyclic) bond motifs is 1. The third-order valence-electron chi connectivity index (χ3n) is 2.11. The molecule has 0 radical (unpaired) electrons. The van der Waals surface area contributed by atoms with Crippen LogP contribution in [-0.2, 0) is 6.42 Å². The van der Waals surface area contributed by atoms with E-state index >= 15 is 0 Å². The van der Waals surface area contributed by atoms with Gasteiger partial charge in [0, 0.05) is 6.20 Å². The van der Waals surface area contributed by atoms with Gasteiger partial charge in [0.15, 0.2) is 0 Å². The van der Waals surface area contributed by atoms with Crippen LogP contribution in [0.2, 0.25) is 0 Å². The molecule has 0 aliphatic carbocycles. The number of pyridine rings is 2. The smallest absolute Gasteiger partial charge is 0.262 e. The summed E-state index contributed by atoms with van der Waals surface area (Å²) in [6, 6.07) is 3.68. The van der Waals surface area contributed by atoms with Crippen molar-refractivity contribution < 1.29 is 0 Å². The van der Waals surface area contributed by atoms with Gasteiger partial charge in [0.2, 0.25) is 0 Å². The molecule has 0 fully saturated rings. The van der Waals surface area contributed by atoms with Crippen molar-refractivity contribution in [1.29, 1.82) is 0 Å². The van der Waals surface area contributed by atoms with E-state index in [-0.39, 0.29) is 5.56 Å². The van der Waals surface area contributed by atoms with E-state index in [4.69, 9.17) is 0 Å². The van der Waals surface area contributed by atoms with E-state index in [9.17, 15) is 4.79 Å². The SMILES string of the molecule is CCc1cnc2cc(Br)c(=O)[nH]c2c1. The number of aromatic amines is 1. The highest BCUT2D eigenvalue weighted by molar-refractivity contribution is 9.10. The normalized spacial score (nSPS) is 10.7. The lowest BCUT2D eigenvalue weighted by atomic mass is 10.2. The number of halogens is 1. The molecular formula is C10H9BrN2O. The van der Waals surface area contributed by atoms with E-state index in [1.807, 2.05) is 12.3 Å². The van der Waals surface area contributed by atoms with Crippen molar-refractivity contribution in [2.75, 3.05) is 0 Å². The Morgan fingerprint density at radius 1 is 1.50 bits per heavy atom. The van der Waals surface area contributed by atoms with Crippen LogP contribution in [-0.4, -0.2) is 9.97 Å². The third kappa shape index (κ3) is 1.57. The highest BCUT2D eigenvalue weighted by Gasteiger charge is 2.01. The number of aromatic nitrogens is 2. The van der Waals surface area contributed by atoms with Gasteiger partial charge in [0.25, 0.3) is 5.56 Å². The highest BCUT2D eigenvalue weighted by Crippen LogP contribution is 2.13. The zero-order valence-corrected chi connectivity index (χ0v) is 9.26. The second-order valence-electron chi connectivity index (χ2n) is 3.08. The molecule has 2 rings (SSSR count). The zero-order valence-electron chi connectivity index (χ0n) is 7.67. The maximum Gasteiger partial charge on any atom is 0.262 e. The Hall–Kier alpha value is -1.16. The van der Waals surface area contributed by atoms with Crippen molar-refractivity contribution in [2.24, 2.45) is 0 Å². The maximum absolute atomic E-state index is 11.3. The minimum Gasteiger partial charge on any atom is -0.320 e. The van der Waals surface area contributed by atoms with Crippen LogP contribution in [0.25, 0.3) is 11.0 Å². The molecule has 0 aliphatic heterocycles. The number of nitrogens with one attached hydrogen (secondary N) is 1. The highest BCUT2D eigenvalue weighted by atomic mass is 79.9.